The Balaban J connectivity index is 1.76. The molecule has 0 radical (unpaired) electrons. The number of hydrogen-bond donors (Lipinski definition) is 2. The molecule has 1 amide bonds. The first kappa shape index (κ1) is 16.7. The Morgan fingerprint density at radius 2 is 2.25 bits per heavy atom. The van der Waals surface area contributed by atoms with Crippen molar-refractivity contribution in [3.63, 3.8) is 0 Å². The third-order valence-electron chi connectivity index (χ3n) is 3.39. The summed E-state index contributed by atoms with van der Waals surface area (Å²) < 4.78 is 17.7. The van der Waals surface area contributed by atoms with Gasteiger partial charge in [0, 0.05) is 5.39 Å². The smallest absolute Gasteiger partial charge is 0.268 e. The zero-order valence-electron chi connectivity index (χ0n) is 12.6. The number of H-pyrrole nitrogens is 1. The lowest BCUT2D eigenvalue weighted by atomic mass is 10.2. The minimum atomic E-state index is -0.342. The summed E-state index contributed by atoms with van der Waals surface area (Å²) in [4.78, 5) is 12.7. The summed E-state index contributed by atoms with van der Waals surface area (Å²) in [5.74, 6) is 0.749. The fourth-order valence-corrected chi connectivity index (χ4v) is 3.22. The van der Waals surface area contributed by atoms with Crippen molar-refractivity contribution in [2.75, 3.05) is 18.6 Å². The van der Waals surface area contributed by atoms with Crippen molar-refractivity contribution in [3.8, 4) is 5.75 Å². The molecular weight excluding hydrogens is 353 g/mol. The van der Waals surface area contributed by atoms with Crippen LogP contribution in [0.5, 0.6) is 5.75 Å². The zero-order valence-corrected chi connectivity index (χ0v) is 14.2. The number of rotatable bonds is 7. The van der Waals surface area contributed by atoms with E-state index >= 15 is 0 Å². The molecule has 0 atom stereocenters. The van der Waals surface area contributed by atoms with E-state index in [-0.39, 0.29) is 12.6 Å². The number of unbranched alkanes of at least 4 members (excludes halogenated alkanes) is 1. The Bertz CT molecular complexity index is 849. The van der Waals surface area contributed by atoms with E-state index in [9.17, 15) is 9.18 Å². The molecule has 0 bridgehead atoms. The molecule has 0 saturated heterocycles. The van der Waals surface area contributed by atoms with E-state index in [0.717, 1.165) is 10.9 Å². The molecule has 0 spiro atoms. The number of carbonyl (C=O) groups excluding carboxylic acids is 1. The van der Waals surface area contributed by atoms with Crippen LogP contribution in [0, 0.1) is 0 Å². The summed E-state index contributed by atoms with van der Waals surface area (Å²) in [6.45, 7) is 0.103. The molecule has 24 heavy (non-hydrogen) atoms. The van der Waals surface area contributed by atoms with Gasteiger partial charge in [0.1, 0.15) is 10.6 Å². The average Bonchev–Trinajstić information content (AvgIpc) is 3.18. The number of thiophene rings is 1. The molecule has 0 aliphatic heterocycles. The number of carbonyl (C=O) groups is 1. The van der Waals surface area contributed by atoms with Crippen molar-refractivity contribution < 1.29 is 13.9 Å². The Kier molecular flexibility index (Phi) is 5.32. The summed E-state index contributed by atoms with van der Waals surface area (Å²) in [6, 6.07) is 7.09. The maximum Gasteiger partial charge on any atom is 0.268 e. The number of amides is 1. The molecule has 8 heteroatoms. The highest BCUT2D eigenvalue weighted by Gasteiger charge is 2.15. The molecule has 5 nitrogen and oxygen atoms in total. The van der Waals surface area contributed by atoms with Gasteiger partial charge in [-0.05, 0) is 42.5 Å². The summed E-state index contributed by atoms with van der Waals surface area (Å²) >= 11 is 7.24. The lowest BCUT2D eigenvalue weighted by Gasteiger charge is -2.06. The van der Waals surface area contributed by atoms with Crippen LogP contribution < -0.4 is 10.1 Å². The van der Waals surface area contributed by atoms with Gasteiger partial charge in [0.05, 0.1) is 23.8 Å². The van der Waals surface area contributed by atoms with E-state index in [0.29, 0.717) is 40.9 Å². The van der Waals surface area contributed by atoms with Crippen LogP contribution in [-0.4, -0.2) is 29.4 Å². The summed E-state index contributed by atoms with van der Waals surface area (Å²) in [7, 11) is 0. The monoisotopic (exact) mass is 367 g/mol. The molecule has 126 valence electrons. The van der Waals surface area contributed by atoms with Crippen molar-refractivity contribution in [2.45, 2.75) is 12.8 Å². The third kappa shape index (κ3) is 3.68. The first-order valence-electron chi connectivity index (χ1n) is 7.40. The van der Waals surface area contributed by atoms with Crippen molar-refractivity contribution in [3.05, 3.63) is 39.5 Å². The molecule has 3 aromatic rings. The molecule has 2 heterocycles. The average molecular weight is 368 g/mol. The summed E-state index contributed by atoms with van der Waals surface area (Å²) in [5.41, 5.74) is 0.777. The van der Waals surface area contributed by atoms with E-state index < -0.39 is 0 Å². The Morgan fingerprint density at radius 3 is 3.00 bits per heavy atom. The third-order valence-corrected chi connectivity index (χ3v) is 4.73. The highest BCUT2D eigenvalue weighted by atomic mass is 35.5. The number of alkyl halides is 1. The van der Waals surface area contributed by atoms with E-state index in [1.807, 2.05) is 6.07 Å². The number of hydrogen-bond acceptors (Lipinski definition) is 4. The first-order valence-corrected chi connectivity index (χ1v) is 8.66. The predicted octanol–water partition coefficient (Wildman–Crippen LogP) is 4.66. The SMILES string of the molecule is O=C(Nc1n[nH]c2ccc(OCCCCF)cc12)c1sccc1Cl. The van der Waals surface area contributed by atoms with E-state index in [1.54, 1.807) is 23.6 Å². The minimum Gasteiger partial charge on any atom is -0.494 e. The van der Waals surface area contributed by atoms with Gasteiger partial charge in [-0.2, -0.15) is 5.10 Å². The fraction of sp³-hybridized carbons (Fsp3) is 0.250. The van der Waals surface area contributed by atoms with Gasteiger partial charge in [0.15, 0.2) is 5.82 Å². The highest BCUT2D eigenvalue weighted by Crippen LogP contribution is 2.27. The largest absolute Gasteiger partial charge is 0.494 e. The maximum atomic E-state index is 12.3. The van der Waals surface area contributed by atoms with E-state index in [2.05, 4.69) is 15.5 Å². The molecule has 0 fully saturated rings. The molecular formula is C16H15ClFN3O2S. The Hall–Kier alpha value is -2.12. The van der Waals surface area contributed by atoms with Gasteiger partial charge in [-0.3, -0.25) is 14.3 Å². The molecule has 0 unspecified atom stereocenters. The molecule has 0 aliphatic carbocycles. The molecule has 3 rings (SSSR count). The van der Waals surface area contributed by atoms with Gasteiger partial charge in [-0.25, -0.2) is 0 Å². The van der Waals surface area contributed by atoms with E-state index in [4.69, 9.17) is 16.3 Å². The van der Waals surface area contributed by atoms with Crippen molar-refractivity contribution in [1.82, 2.24) is 10.2 Å². The standard InChI is InChI=1S/C16H15ClFN3O2S/c17-12-5-8-24-14(12)16(22)19-15-11-9-10(23-7-2-1-6-18)3-4-13(11)20-21-15/h3-5,8-9H,1-2,6-7H2,(H2,19,20,21,22). The van der Waals surface area contributed by atoms with Gasteiger partial charge >= 0.3 is 0 Å². The normalized spacial score (nSPS) is 10.9. The molecule has 2 aromatic heterocycles. The number of nitrogens with zero attached hydrogens (tertiary/aromatic N) is 1. The quantitative estimate of drug-likeness (QED) is 0.597. The number of ether oxygens (including phenoxy) is 1. The molecule has 1 aromatic carbocycles. The topological polar surface area (TPSA) is 67.0 Å². The van der Waals surface area contributed by atoms with Crippen molar-refractivity contribution in [1.29, 1.82) is 0 Å². The molecule has 0 aliphatic rings. The van der Waals surface area contributed by atoms with Crippen LogP contribution in [0.3, 0.4) is 0 Å². The number of fused-ring (bicyclic) bond motifs is 1. The van der Waals surface area contributed by atoms with Crippen LogP contribution >= 0.6 is 22.9 Å². The van der Waals surface area contributed by atoms with Gasteiger partial charge < -0.3 is 10.1 Å². The lowest BCUT2D eigenvalue weighted by molar-refractivity contribution is 0.103. The van der Waals surface area contributed by atoms with Gasteiger partial charge in [0.2, 0.25) is 0 Å². The van der Waals surface area contributed by atoms with Crippen LogP contribution in [0.1, 0.15) is 22.5 Å². The lowest BCUT2D eigenvalue weighted by Crippen LogP contribution is -2.11. The van der Waals surface area contributed by atoms with Crippen LogP contribution in [-0.2, 0) is 0 Å². The number of anilines is 1. The molecule has 0 saturated carbocycles. The van der Waals surface area contributed by atoms with E-state index in [1.165, 1.54) is 11.3 Å². The van der Waals surface area contributed by atoms with Crippen LogP contribution in [0.15, 0.2) is 29.6 Å². The number of halogens is 2. The van der Waals surface area contributed by atoms with Gasteiger partial charge in [-0.15, -0.1) is 11.3 Å². The maximum absolute atomic E-state index is 12.3. The minimum absolute atomic E-state index is 0.308. The first-order chi connectivity index (χ1) is 11.7. The molecule has 2 N–H and O–H groups in total. The van der Waals surface area contributed by atoms with Crippen LogP contribution in [0.4, 0.5) is 10.2 Å². The number of nitrogens with one attached hydrogen (secondary N) is 2. The second-order valence-corrected chi connectivity index (χ2v) is 6.40. The summed E-state index contributed by atoms with van der Waals surface area (Å²) in [6.07, 6.45) is 1.14. The zero-order chi connectivity index (χ0) is 16.9. The number of benzene rings is 1. The van der Waals surface area contributed by atoms with Gasteiger partial charge in [-0.1, -0.05) is 11.6 Å². The Labute approximate surface area is 146 Å². The second-order valence-electron chi connectivity index (χ2n) is 5.08. The number of aromatic amines is 1. The predicted molar refractivity (Wildman–Crippen MR) is 94.1 cm³/mol. The number of aromatic nitrogens is 2. The van der Waals surface area contributed by atoms with Gasteiger partial charge in [0.25, 0.3) is 5.91 Å². The Morgan fingerprint density at radius 1 is 1.38 bits per heavy atom. The second kappa shape index (κ2) is 7.63. The highest BCUT2D eigenvalue weighted by molar-refractivity contribution is 7.12. The summed E-state index contributed by atoms with van der Waals surface area (Å²) in [5, 5.41) is 12.6. The van der Waals surface area contributed by atoms with Crippen LogP contribution in [0.2, 0.25) is 5.02 Å². The van der Waals surface area contributed by atoms with Crippen LogP contribution in [0.25, 0.3) is 10.9 Å². The van der Waals surface area contributed by atoms with Crippen molar-refractivity contribution >= 4 is 45.6 Å². The van der Waals surface area contributed by atoms with Crippen molar-refractivity contribution in [2.24, 2.45) is 0 Å². The fourth-order valence-electron chi connectivity index (χ4n) is 2.18.